The Kier molecular flexibility index (Phi) is 6.52. The molecule has 0 atom stereocenters. The van der Waals surface area contributed by atoms with Crippen LogP contribution in [0.15, 0.2) is 0 Å². The molecule has 0 aromatic carbocycles. The first-order chi connectivity index (χ1) is 8.06. The molecule has 0 saturated heterocycles. The van der Waals surface area contributed by atoms with E-state index in [1.54, 1.807) is 4.68 Å². The van der Waals surface area contributed by atoms with E-state index in [-0.39, 0.29) is 0 Å². The summed E-state index contributed by atoms with van der Waals surface area (Å²) >= 11 is 9.66. The van der Waals surface area contributed by atoms with Gasteiger partial charge in [-0.1, -0.05) is 34.0 Å². The highest BCUT2D eigenvalue weighted by molar-refractivity contribution is 9.09. The van der Waals surface area contributed by atoms with Crippen LogP contribution in [-0.4, -0.2) is 33.6 Å². The molecule has 0 radical (unpaired) electrons. The maximum atomic E-state index is 6.21. The highest BCUT2D eigenvalue weighted by Crippen LogP contribution is 2.20. The molecule has 0 fully saturated rings. The van der Waals surface area contributed by atoms with Crippen molar-refractivity contribution in [2.45, 2.75) is 32.7 Å². The van der Waals surface area contributed by atoms with E-state index in [1.807, 2.05) is 14.0 Å². The van der Waals surface area contributed by atoms with E-state index in [9.17, 15) is 0 Å². The fourth-order valence-corrected chi connectivity index (χ4v) is 2.49. The number of rotatable bonds is 7. The number of hydrogen-bond acceptors (Lipinski definition) is 2. The third-order valence-electron chi connectivity index (χ3n) is 2.87. The zero-order chi connectivity index (χ0) is 12.8. The Bertz CT molecular complexity index is 352. The first-order valence-corrected chi connectivity index (χ1v) is 7.48. The molecule has 1 heterocycles. The van der Waals surface area contributed by atoms with Crippen LogP contribution in [0.25, 0.3) is 0 Å². The summed E-state index contributed by atoms with van der Waals surface area (Å²) in [4.78, 5) is 2.31. The van der Waals surface area contributed by atoms with Gasteiger partial charge in [-0.15, -0.1) is 0 Å². The summed E-state index contributed by atoms with van der Waals surface area (Å²) in [5, 5.41) is 6.19. The van der Waals surface area contributed by atoms with Crippen LogP contribution in [0.2, 0.25) is 5.15 Å². The van der Waals surface area contributed by atoms with Gasteiger partial charge in [0.2, 0.25) is 0 Å². The normalized spacial score (nSPS) is 11.4. The molecule has 0 amide bonds. The van der Waals surface area contributed by atoms with Crippen molar-refractivity contribution in [3.8, 4) is 0 Å². The van der Waals surface area contributed by atoms with E-state index < -0.39 is 0 Å². The minimum atomic E-state index is 0.759. The average Bonchev–Trinajstić information content (AvgIpc) is 2.52. The minimum Gasteiger partial charge on any atom is -0.302 e. The van der Waals surface area contributed by atoms with Crippen molar-refractivity contribution in [1.82, 2.24) is 14.7 Å². The number of aromatic nitrogens is 2. The summed E-state index contributed by atoms with van der Waals surface area (Å²) < 4.78 is 1.74. The smallest absolute Gasteiger partial charge is 0.131 e. The minimum absolute atomic E-state index is 0.759. The fraction of sp³-hybridized carbons (Fsp3) is 0.750. The number of aryl methyl sites for hydroxylation is 2. The lowest BCUT2D eigenvalue weighted by atomic mass is 10.2. The van der Waals surface area contributed by atoms with Crippen molar-refractivity contribution in [1.29, 1.82) is 0 Å². The lowest BCUT2D eigenvalue weighted by Crippen LogP contribution is -2.19. The number of alkyl halides is 1. The Hall–Kier alpha value is -0.0600. The van der Waals surface area contributed by atoms with Gasteiger partial charge < -0.3 is 4.90 Å². The Morgan fingerprint density at radius 1 is 1.35 bits per heavy atom. The lowest BCUT2D eigenvalue weighted by Gasteiger charge is -2.16. The molecular weight excluding hydrogens is 302 g/mol. The molecule has 1 aromatic heterocycles. The van der Waals surface area contributed by atoms with E-state index in [0.717, 1.165) is 34.8 Å². The Morgan fingerprint density at radius 3 is 2.59 bits per heavy atom. The van der Waals surface area contributed by atoms with Crippen LogP contribution in [0.4, 0.5) is 0 Å². The summed E-state index contributed by atoms with van der Waals surface area (Å²) in [5.41, 5.74) is 2.18. The molecule has 0 saturated carbocycles. The Balaban J connectivity index is 2.42. The molecule has 98 valence electrons. The molecule has 1 aromatic rings. The Morgan fingerprint density at radius 2 is 2.06 bits per heavy atom. The van der Waals surface area contributed by atoms with Crippen molar-refractivity contribution >= 4 is 27.5 Å². The number of nitrogens with zero attached hydrogens (tertiary/aromatic N) is 3. The van der Waals surface area contributed by atoms with Gasteiger partial charge in [-0.3, -0.25) is 4.68 Å². The highest BCUT2D eigenvalue weighted by atomic mass is 79.9. The monoisotopic (exact) mass is 321 g/mol. The summed E-state index contributed by atoms with van der Waals surface area (Å²) in [6.45, 7) is 4.00. The van der Waals surface area contributed by atoms with Gasteiger partial charge in [0, 0.05) is 24.5 Å². The second-order valence-electron chi connectivity index (χ2n) is 4.47. The first-order valence-electron chi connectivity index (χ1n) is 5.98. The van der Waals surface area contributed by atoms with Crippen molar-refractivity contribution in [3.05, 3.63) is 16.4 Å². The summed E-state index contributed by atoms with van der Waals surface area (Å²) in [5.74, 6) is 0. The second kappa shape index (κ2) is 7.39. The van der Waals surface area contributed by atoms with Crippen LogP contribution in [0, 0.1) is 6.92 Å². The van der Waals surface area contributed by atoms with Gasteiger partial charge in [0.1, 0.15) is 5.15 Å². The van der Waals surface area contributed by atoms with Gasteiger partial charge in [0.25, 0.3) is 0 Å². The lowest BCUT2D eigenvalue weighted by molar-refractivity contribution is 0.318. The standard InChI is InChI=1S/C12H21BrClN3/c1-10-11(12(14)17(3)15-10)9-16(2)8-6-4-5-7-13/h4-9H2,1-3H3. The molecule has 3 nitrogen and oxygen atoms in total. The largest absolute Gasteiger partial charge is 0.302 e. The van der Waals surface area contributed by atoms with Gasteiger partial charge in [-0.25, -0.2) is 0 Å². The van der Waals surface area contributed by atoms with Crippen molar-refractivity contribution in [3.63, 3.8) is 0 Å². The molecule has 17 heavy (non-hydrogen) atoms. The number of halogens is 2. The van der Waals surface area contributed by atoms with Crippen molar-refractivity contribution in [2.24, 2.45) is 7.05 Å². The average molecular weight is 323 g/mol. The van der Waals surface area contributed by atoms with Crippen LogP contribution in [-0.2, 0) is 13.6 Å². The molecule has 5 heteroatoms. The summed E-state index contributed by atoms with van der Waals surface area (Å²) in [6.07, 6.45) is 3.76. The summed E-state index contributed by atoms with van der Waals surface area (Å²) in [7, 11) is 4.02. The van der Waals surface area contributed by atoms with E-state index in [1.165, 1.54) is 19.3 Å². The fourth-order valence-electron chi connectivity index (χ4n) is 1.86. The number of unbranched alkanes of at least 4 members (excludes halogenated alkanes) is 2. The molecule has 0 unspecified atom stereocenters. The molecule has 0 aliphatic heterocycles. The van der Waals surface area contributed by atoms with Gasteiger partial charge in [0.15, 0.2) is 0 Å². The number of hydrogen-bond donors (Lipinski definition) is 0. The highest BCUT2D eigenvalue weighted by Gasteiger charge is 2.12. The van der Waals surface area contributed by atoms with Gasteiger partial charge >= 0.3 is 0 Å². The second-order valence-corrected chi connectivity index (χ2v) is 5.62. The Labute approximate surface area is 117 Å². The quantitative estimate of drug-likeness (QED) is 0.567. The molecule has 0 aliphatic carbocycles. The molecule has 1 rings (SSSR count). The van der Waals surface area contributed by atoms with E-state index in [0.29, 0.717) is 0 Å². The summed E-state index contributed by atoms with van der Waals surface area (Å²) in [6, 6.07) is 0. The van der Waals surface area contributed by atoms with Crippen LogP contribution < -0.4 is 0 Å². The third kappa shape index (κ3) is 4.60. The maximum Gasteiger partial charge on any atom is 0.131 e. The van der Waals surface area contributed by atoms with Crippen LogP contribution in [0.1, 0.15) is 30.5 Å². The van der Waals surface area contributed by atoms with E-state index in [4.69, 9.17) is 11.6 Å². The molecular formula is C12H21BrClN3. The van der Waals surface area contributed by atoms with Crippen molar-refractivity contribution < 1.29 is 0 Å². The SMILES string of the molecule is Cc1nn(C)c(Cl)c1CN(C)CCCCCBr. The maximum absolute atomic E-state index is 6.21. The van der Waals surface area contributed by atoms with E-state index in [2.05, 4.69) is 33.0 Å². The third-order valence-corrected chi connectivity index (χ3v) is 3.90. The molecule has 0 N–H and O–H groups in total. The van der Waals surface area contributed by atoms with Crippen LogP contribution in [0.3, 0.4) is 0 Å². The van der Waals surface area contributed by atoms with Gasteiger partial charge in [-0.05, 0) is 33.4 Å². The van der Waals surface area contributed by atoms with Gasteiger partial charge in [-0.2, -0.15) is 5.10 Å². The zero-order valence-corrected chi connectivity index (χ0v) is 13.2. The molecule has 0 bridgehead atoms. The molecule has 0 spiro atoms. The topological polar surface area (TPSA) is 21.1 Å². The predicted octanol–water partition coefficient (Wildman–Crippen LogP) is 3.38. The van der Waals surface area contributed by atoms with Crippen LogP contribution in [0.5, 0.6) is 0 Å². The van der Waals surface area contributed by atoms with Crippen molar-refractivity contribution in [2.75, 3.05) is 18.9 Å². The van der Waals surface area contributed by atoms with Crippen LogP contribution >= 0.6 is 27.5 Å². The van der Waals surface area contributed by atoms with Gasteiger partial charge in [0.05, 0.1) is 5.69 Å². The van der Waals surface area contributed by atoms with E-state index >= 15 is 0 Å². The zero-order valence-electron chi connectivity index (χ0n) is 10.8. The predicted molar refractivity (Wildman–Crippen MR) is 76.9 cm³/mol. The first kappa shape index (κ1) is 15.0. The molecule has 0 aliphatic rings.